The van der Waals surface area contributed by atoms with Crippen LogP contribution in [0.1, 0.15) is 44.6 Å². The highest BCUT2D eigenvalue weighted by molar-refractivity contribution is 5.60. The van der Waals surface area contributed by atoms with Crippen LogP contribution in [0.4, 0.5) is 11.4 Å². The second-order valence-electron chi connectivity index (χ2n) is 5.41. The van der Waals surface area contributed by atoms with Gasteiger partial charge in [-0.2, -0.15) is 0 Å². The second kappa shape index (κ2) is 6.04. The molecule has 1 aliphatic rings. The lowest BCUT2D eigenvalue weighted by Crippen LogP contribution is -2.32. The highest BCUT2D eigenvalue weighted by Gasteiger charge is 2.24. The van der Waals surface area contributed by atoms with Crippen molar-refractivity contribution < 1.29 is 4.92 Å². The molecule has 1 aromatic carbocycles. The van der Waals surface area contributed by atoms with Gasteiger partial charge in [-0.3, -0.25) is 10.1 Å². The Bertz CT molecular complexity index is 459. The molecular formula is C15H22N2O2. The lowest BCUT2D eigenvalue weighted by Gasteiger charge is -2.32. The third-order valence-corrected chi connectivity index (χ3v) is 4.28. The molecule has 0 spiro atoms. The molecule has 2 atom stereocenters. The summed E-state index contributed by atoms with van der Waals surface area (Å²) in [6, 6.07) is 5.74. The van der Waals surface area contributed by atoms with Crippen molar-refractivity contribution in [2.75, 3.05) is 5.32 Å². The summed E-state index contributed by atoms with van der Waals surface area (Å²) in [4.78, 5) is 10.7. The van der Waals surface area contributed by atoms with Gasteiger partial charge >= 0.3 is 0 Å². The zero-order valence-corrected chi connectivity index (χ0v) is 11.7. The Balaban J connectivity index is 2.18. The number of nitrogens with one attached hydrogen (secondary N) is 1. The predicted octanol–water partition coefficient (Wildman–Crippen LogP) is 4.28. The van der Waals surface area contributed by atoms with E-state index in [4.69, 9.17) is 0 Å². The molecule has 0 radical (unpaired) electrons. The molecule has 104 valence electrons. The van der Waals surface area contributed by atoms with Gasteiger partial charge in [0.25, 0.3) is 5.69 Å². The van der Waals surface area contributed by atoms with Crippen molar-refractivity contribution in [3.8, 4) is 0 Å². The molecule has 1 N–H and O–H groups in total. The molecular weight excluding hydrogens is 240 g/mol. The lowest BCUT2D eigenvalue weighted by atomic mass is 9.82. The fourth-order valence-corrected chi connectivity index (χ4v) is 3.06. The molecule has 0 aromatic heterocycles. The standard InChI is InChI=1S/C15H22N2O2/c1-3-12-7-4-5-8-14(12)16-13-9-6-10-15(11(13)2)17(18)19/h6,9-10,12,14,16H,3-5,7-8H2,1-2H3. The fraction of sp³-hybridized carbons (Fsp3) is 0.600. The minimum absolute atomic E-state index is 0.203. The monoisotopic (exact) mass is 262 g/mol. The quantitative estimate of drug-likeness (QED) is 0.650. The first-order valence-electron chi connectivity index (χ1n) is 7.14. The fourth-order valence-electron chi connectivity index (χ4n) is 3.06. The predicted molar refractivity (Wildman–Crippen MR) is 77.5 cm³/mol. The zero-order chi connectivity index (χ0) is 13.8. The Morgan fingerprint density at radius 3 is 2.79 bits per heavy atom. The summed E-state index contributed by atoms with van der Waals surface area (Å²) in [5, 5.41) is 14.5. The summed E-state index contributed by atoms with van der Waals surface area (Å²) in [7, 11) is 0. The Kier molecular flexibility index (Phi) is 4.40. The summed E-state index contributed by atoms with van der Waals surface area (Å²) in [5.74, 6) is 0.687. The number of rotatable bonds is 4. The van der Waals surface area contributed by atoms with Crippen LogP contribution in [0.5, 0.6) is 0 Å². The van der Waals surface area contributed by atoms with Crippen LogP contribution < -0.4 is 5.32 Å². The Labute approximate surface area is 114 Å². The summed E-state index contributed by atoms with van der Waals surface area (Å²) < 4.78 is 0. The van der Waals surface area contributed by atoms with Crippen LogP contribution in [0.3, 0.4) is 0 Å². The van der Waals surface area contributed by atoms with E-state index in [1.807, 2.05) is 13.0 Å². The topological polar surface area (TPSA) is 55.2 Å². The number of anilines is 1. The molecule has 0 heterocycles. The molecule has 2 rings (SSSR count). The van der Waals surface area contributed by atoms with Gasteiger partial charge in [0.2, 0.25) is 0 Å². The minimum atomic E-state index is -0.307. The number of hydrogen-bond acceptors (Lipinski definition) is 3. The summed E-state index contributed by atoms with van der Waals surface area (Å²) in [6.07, 6.45) is 6.17. The molecule has 19 heavy (non-hydrogen) atoms. The molecule has 2 unspecified atom stereocenters. The van der Waals surface area contributed by atoms with Gasteiger partial charge in [0.1, 0.15) is 0 Å². The van der Waals surface area contributed by atoms with Crippen LogP contribution in [0, 0.1) is 23.0 Å². The van der Waals surface area contributed by atoms with E-state index >= 15 is 0 Å². The van der Waals surface area contributed by atoms with Gasteiger partial charge < -0.3 is 5.32 Å². The van der Waals surface area contributed by atoms with Crippen LogP contribution in [0.15, 0.2) is 18.2 Å². The van der Waals surface area contributed by atoms with Crippen LogP contribution in [0.25, 0.3) is 0 Å². The van der Waals surface area contributed by atoms with Crippen molar-refractivity contribution >= 4 is 11.4 Å². The molecule has 0 aliphatic heterocycles. The molecule has 1 aromatic rings. The first-order valence-corrected chi connectivity index (χ1v) is 7.14. The van der Waals surface area contributed by atoms with Gasteiger partial charge in [0.15, 0.2) is 0 Å². The normalized spacial score (nSPS) is 23.1. The molecule has 4 nitrogen and oxygen atoms in total. The molecule has 0 amide bonds. The Hall–Kier alpha value is -1.58. The van der Waals surface area contributed by atoms with Crippen molar-refractivity contribution in [1.29, 1.82) is 0 Å². The first kappa shape index (κ1) is 13.8. The third-order valence-electron chi connectivity index (χ3n) is 4.28. The van der Waals surface area contributed by atoms with E-state index in [1.54, 1.807) is 12.1 Å². The van der Waals surface area contributed by atoms with E-state index in [0.29, 0.717) is 12.0 Å². The molecule has 1 fully saturated rings. The van der Waals surface area contributed by atoms with Crippen LogP contribution in [-0.2, 0) is 0 Å². The molecule has 4 heteroatoms. The van der Waals surface area contributed by atoms with E-state index in [-0.39, 0.29) is 10.6 Å². The SMILES string of the molecule is CCC1CCCCC1Nc1cccc([N+](=O)[O-])c1C. The number of nitro benzene ring substituents is 1. The van der Waals surface area contributed by atoms with E-state index in [0.717, 1.165) is 11.3 Å². The van der Waals surface area contributed by atoms with Crippen molar-refractivity contribution in [2.45, 2.75) is 52.0 Å². The Morgan fingerprint density at radius 2 is 2.11 bits per heavy atom. The minimum Gasteiger partial charge on any atom is -0.382 e. The van der Waals surface area contributed by atoms with Gasteiger partial charge in [-0.25, -0.2) is 0 Å². The molecule has 0 saturated heterocycles. The van der Waals surface area contributed by atoms with Gasteiger partial charge in [0.05, 0.1) is 4.92 Å². The lowest BCUT2D eigenvalue weighted by molar-refractivity contribution is -0.385. The highest BCUT2D eigenvalue weighted by atomic mass is 16.6. The van der Waals surface area contributed by atoms with Crippen LogP contribution >= 0.6 is 0 Å². The van der Waals surface area contributed by atoms with E-state index in [9.17, 15) is 10.1 Å². The maximum Gasteiger partial charge on any atom is 0.274 e. The van der Waals surface area contributed by atoms with E-state index in [1.165, 1.54) is 32.1 Å². The number of nitrogens with zero attached hydrogens (tertiary/aromatic N) is 1. The van der Waals surface area contributed by atoms with Crippen molar-refractivity contribution in [1.82, 2.24) is 0 Å². The largest absolute Gasteiger partial charge is 0.382 e. The van der Waals surface area contributed by atoms with Gasteiger partial charge in [-0.15, -0.1) is 0 Å². The highest BCUT2D eigenvalue weighted by Crippen LogP contribution is 2.32. The van der Waals surface area contributed by atoms with Gasteiger partial charge in [0, 0.05) is 23.4 Å². The number of nitro groups is 1. The zero-order valence-electron chi connectivity index (χ0n) is 11.7. The third kappa shape index (κ3) is 3.06. The summed E-state index contributed by atoms with van der Waals surface area (Å²) in [6.45, 7) is 4.05. The van der Waals surface area contributed by atoms with Crippen molar-refractivity contribution in [3.05, 3.63) is 33.9 Å². The van der Waals surface area contributed by atoms with Gasteiger partial charge in [-0.1, -0.05) is 32.3 Å². The van der Waals surface area contributed by atoms with E-state index < -0.39 is 0 Å². The summed E-state index contributed by atoms with van der Waals surface area (Å²) >= 11 is 0. The van der Waals surface area contributed by atoms with Crippen LogP contribution in [0.2, 0.25) is 0 Å². The maximum atomic E-state index is 11.0. The molecule has 0 bridgehead atoms. The number of hydrogen-bond donors (Lipinski definition) is 1. The smallest absolute Gasteiger partial charge is 0.274 e. The summed E-state index contributed by atoms with van der Waals surface area (Å²) in [5.41, 5.74) is 1.86. The second-order valence-corrected chi connectivity index (χ2v) is 5.41. The average Bonchev–Trinajstić information content (AvgIpc) is 2.41. The average molecular weight is 262 g/mol. The van der Waals surface area contributed by atoms with Crippen LogP contribution in [-0.4, -0.2) is 11.0 Å². The van der Waals surface area contributed by atoms with Crippen molar-refractivity contribution in [2.24, 2.45) is 5.92 Å². The molecule has 1 aliphatic carbocycles. The number of benzene rings is 1. The Morgan fingerprint density at radius 1 is 1.37 bits per heavy atom. The molecule has 1 saturated carbocycles. The van der Waals surface area contributed by atoms with E-state index in [2.05, 4.69) is 12.2 Å². The van der Waals surface area contributed by atoms with Crippen molar-refractivity contribution in [3.63, 3.8) is 0 Å². The maximum absolute atomic E-state index is 11.0. The first-order chi connectivity index (χ1) is 9.13. The van der Waals surface area contributed by atoms with Gasteiger partial charge in [-0.05, 0) is 31.7 Å².